The molecule has 4 nitrogen and oxygen atoms in total. The van der Waals surface area contributed by atoms with Crippen molar-refractivity contribution in [2.24, 2.45) is 0 Å². The molecular weight excluding hydrogens is 442 g/mol. The van der Waals surface area contributed by atoms with Crippen LogP contribution in [0.1, 0.15) is 26.7 Å². The molecule has 0 spiro atoms. The average Bonchev–Trinajstić information content (AvgIpc) is 2.86. The summed E-state index contributed by atoms with van der Waals surface area (Å²) in [6.45, 7) is 1.54. The van der Waals surface area contributed by atoms with Crippen LogP contribution >= 0.6 is 11.8 Å². The summed E-state index contributed by atoms with van der Waals surface area (Å²) in [7, 11) is 0. The molecule has 0 atom stereocenters. The number of carbonyl (C=O) groups excluding carboxylic acids is 2. The molecule has 33 heavy (non-hydrogen) atoms. The van der Waals surface area contributed by atoms with Gasteiger partial charge in [0.2, 0.25) is 5.91 Å². The van der Waals surface area contributed by atoms with Crippen molar-refractivity contribution < 1.29 is 18.4 Å². The van der Waals surface area contributed by atoms with Gasteiger partial charge in [0.05, 0.1) is 11.0 Å². The van der Waals surface area contributed by atoms with Crippen molar-refractivity contribution in [2.45, 2.75) is 5.25 Å². The third-order valence-corrected chi connectivity index (χ3v) is 6.96. The normalized spacial score (nSPS) is 13.9. The molecule has 1 aliphatic heterocycles. The van der Waals surface area contributed by atoms with E-state index >= 15 is 0 Å². The van der Waals surface area contributed by atoms with Crippen LogP contribution in [0.5, 0.6) is 0 Å². The number of nitrogens with zero attached hydrogens (tertiary/aromatic N) is 2. The summed E-state index contributed by atoms with van der Waals surface area (Å²) in [6, 6.07) is 23.4. The van der Waals surface area contributed by atoms with Crippen LogP contribution in [0.25, 0.3) is 0 Å². The van der Waals surface area contributed by atoms with Crippen molar-refractivity contribution >= 4 is 23.6 Å². The van der Waals surface area contributed by atoms with Gasteiger partial charge in [-0.1, -0.05) is 60.7 Å². The Morgan fingerprint density at radius 2 is 1.30 bits per heavy atom. The molecular formula is C26H24F2N2O2S. The van der Waals surface area contributed by atoms with Crippen molar-refractivity contribution in [3.63, 3.8) is 0 Å². The van der Waals surface area contributed by atoms with Crippen molar-refractivity contribution in [3.05, 3.63) is 107 Å². The first-order valence-electron chi connectivity index (χ1n) is 10.8. The Labute approximate surface area is 196 Å². The number of hydrogen-bond donors (Lipinski definition) is 0. The predicted octanol–water partition coefficient (Wildman–Crippen LogP) is 4.77. The molecule has 1 heterocycles. The molecule has 0 saturated carbocycles. The molecule has 0 aromatic heterocycles. The maximum Gasteiger partial charge on any atom is 0.254 e. The highest BCUT2D eigenvalue weighted by atomic mass is 32.2. The fourth-order valence-corrected chi connectivity index (χ4v) is 5.05. The summed E-state index contributed by atoms with van der Waals surface area (Å²) in [5.74, 6) is -2.03. The molecule has 0 radical (unpaired) electrons. The maximum atomic E-state index is 13.5. The number of piperazine rings is 1. The van der Waals surface area contributed by atoms with E-state index in [4.69, 9.17) is 0 Å². The molecule has 3 aromatic carbocycles. The van der Waals surface area contributed by atoms with Crippen LogP contribution in [-0.2, 0) is 4.79 Å². The number of thioether (sulfide) groups is 1. The highest BCUT2D eigenvalue weighted by molar-refractivity contribution is 8.00. The molecule has 0 bridgehead atoms. The Morgan fingerprint density at radius 1 is 0.758 bits per heavy atom. The van der Waals surface area contributed by atoms with Crippen LogP contribution in [0.3, 0.4) is 0 Å². The zero-order valence-corrected chi connectivity index (χ0v) is 18.8. The number of carbonyl (C=O) groups is 2. The minimum atomic E-state index is -1.04. The van der Waals surface area contributed by atoms with Gasteiger partial charge in [0.1, 0.15) is 0 Å². The first-order valence-corrected chi connectivity index (χ1v) is 11.8. The molecule has 0 aliphatic carbocycles. The molecule has 4 rings (SSSR count). The van der Waals surface area contributed by atoms with Crippen LogP contribution in [0.15, 0.2) is 78.9 Å². The van der Waals surface area contributed by atoms with Gasteiger partial charge >= 0.3 is 0 Å². The van der Waals surface area contributed by atoms with E-state index in [2.05, 4.69) is 24.3 Å². The predicted molar refractivity (Wildman–Crippen MR) is 126 cm³/mol. The van der Waals surface area contributed by atoms with Crippen LogP contribution in [-0.4, -0.2) is 53.5 Å². The minimum Gasteiger partial charge on any atom is -0.338 e. The molecule has 0 unspecified atom stereocenters. The van der Waals surface area contributed by atoms with Gasteiger partial charge in [0.15, 0.2) is 11.6 Å². The lowest BCUT2D eigenvalue weighted by Gasteiger charge is -2.35. The molecule has 7 heteroatoms. The lowest BCUT2D eigenvalue weighted by molar-refractivity contribution is -0.129. The van der Waals surface area contributed by atoms with E-state index in [0.29, 0.717) is 31.9 Å². The number of hydrogen-bond acceptors (Lipinski definition) is 3. The quantitative estimate of drug-likeness (QED) is 0.525. The summed E-state index contributed by atoms with van der Waals surface area (Å²) in [4.78, 5) is 28.8. The second-order valence-electron chi connectivity index (χ2n) is 7.81. The number of rotatable bonds is 6. The molecule has 0 N–H and O–H groups in total. The van der Waals surface area contributed by atoms with Gasteiger partial charge in [-0.05, 0) is 29.3 Å². The Morgan fingerprint density at radius 3 is 1.85 bits per heavy atom. The summed E-state index contributed by atoms with van der Waals surface area (Å²) in [6.07, 6.45) is 0. The van der Waals surface area contributed by atoms with Gasteiger partial charge in [-0.15, -0.1) is 11.8 Å². The van der Waals surface area contributed by atoms with Crippen LogP contribution in [0.2, 0.25) is 0 Å². The zero-order chi connectivity index (χ0) is 23.2. The van der Waals surface area contributed by atoms with E-state index in [1.165, 1.54) is 6.07 Å². The highest BCUT2D eigenvalue weighted by Crippen LogP contribution is 2.35. The smallest absolute Gasteiger partial charge is 0.254 e. The molecule has 1 saturated heterocycles. The Balaban J connectivity index is 1.34. The van der Waals surface area contributed by atoms with Gasteiger partial charge in [-0.3, -0.25) is 9.59 Å². The third-order valence-electron chi connectivity index (χ3n) is 5.66. The number of benzene rings is 3. The average molecular weight is 467 g/mol. The second kappa shape index (κ2) is 10.6. The molecule has 1 fully saturated rings. The summed E-state index contributed by atoms with van der Waals surface area (Å²) in [5, 5.41) is 0.0487. The van der Waals surface area contributed by atoms with Gasteiger partial charge in [-0.2, -0.15) is 0 Å². The van der Waals surface area contributed by atoms with Crippen molar-refractivity contribution in [1.29, 1.82) is 0 Å². The Hall–Kier alpha value is -3.19. The Bertz CT molecular complexity index is 1060. The summed E-state index contributed by atoms with van der Waals surface area (Å²) >= 11 is 1.59. The Kier molecular flexibility index (Phi) is 7.40. The molecule has 170 valence electrons. The third kappa shape index (κ3) is 5.60. The zero-order valence-electron chi connectivity index (χ0n) is 18.0. The SMILES string of the molecule is O=C(CSC(c1ccccc1)c1ccccc1)N1CCN(C(=O)c2ccc(F)c(F)c2)CC1. The van der Waals surface area contributed by atoms with Crippen molar-refractivity contribution in [2.75, 3.05) is 31.9 Å². The topological polar surface area (TPSA) is 40.6 Å². The molecule has 2 amide bonds. The van der Waals surface area contributed by atoms with Gasteiger partial charge in [0.25, 0.3) is 5.91 Å². The first kappa shape index (κ1) is 23.0. The van der Waals surface area contributed by atoms with Crippen LogP contribution in [0, 0.1) is 11.6 Å². The fraction of sp³-hybridized carbons (Fsp3) is 0.231. The summed E-state index contributed by atoms with van der Waals surface area (Å²) in [5.41, 5.74) is 2.39. The number of halogens is 2. The standard InChI is InChI=1S/C26H24F2N2O2S/c27-22-12-11-21(17-23(22)28)26(32)30-15-13-29(14-16-30)24(31)18-33-25(19-7-3-1-4-8-19)20-9-5-2-6-10-20/h1-12,17,25H,13-16,18H2. The second-order valence-corrected chi connectivity index (χ2v) is 8.91. The monoisotopic (exact) mass is 466 g/mol. The fourth-order valence-electron chi connectivity index (χ4n) is 3.86. The van der Waals surface area contributed by atoms with Gasteiger partial charge < -0.3 is 9.80 Å². The van der Waals surface area contributed by atoms with E-state index in [9.17, 15) is 18.4 Å². The van der Waals surface area contributed by atoms with E-state index in [-0.39, 0.29) is 22.6 Å². The van der Waals surface area contributed by atoms with E-state index in [0.717, 1.165) is 23.3 Å². The largest absolute Gasteiger partial charge is 0.338 e. The van der Waals surface area contributed by atoms with E-state index in [1.807, 2.05) is 36.4 Å². The lowest BCUT2D eigenvalue weighted by Crippen LogP contribution is -2.51. The lowest BCUT2D eigenvalue weighted by atomic mass is 10.0. The minimum absolute atomic E-state index is 0.0248. The number of amides is 2. The van der Waals surface area contributed by atoms with Gasteiger partial charge in [-0.25, -0.2) is 8.78 Å². The molecule has 1 aliphatic rings. The van der Waals surface area contributed by atoms with E-state index in [1.54, 1.807) is 21.6 Å². The van der Waals surface area contributed by atoms with Crippen molar-refractivity contribution in [3.8, 4) is 0 Å². The van der Waals surface area contributed by atoms with Crippen LogP contribution < -0.4 is 0 Å². The van der Waals surface area contributed by atoms with E-state index < -0.39 is 11.6 Å². The maximum absolute atomic E-state index is 13.5. The molecule has 3 aromatic rings. The first-order chi connectivity index (χ1) is 16.0. The van der Waals surface area contributed by atoms with Gasteiger partial charge in [0, 0.05) is 31.7 Å². The summed E-state index contributed by atoms with van der Waals surface area (Å²) < 4.78 is 26.6. The van der Waals surface area contributed by atoms with Crippen molar-refractivity contribution in [1.82, 2.24) is 9.80 Å². The highest BCUT2D eigenvalue weighted by Gasteiger charge is 2.26. The van der Waals surface area contributed by atoms with Crippen LogP contribution in [0.4, 0.5) is 8.78 Å².